The van der Waals surface area contributed by atoms with Crippen LogP contribution in [0.5, 0.6) is 0 Å². The van der Waals surface area contributed by atoms with Gasteiger partial charge in [-0.3, -0.25) is 0 Å². The molecule has 1 aliphatic rings. The molecule has 0 aromatic rings. The van der Waals surface area contributed by atoms with E-state index >= 15 is 0 Å². The Balaban J connectivity index is 2.12. The third-order valence-corrected chi connectivity index (χ3v) is 3.14. The van der Waals surface area contributed by atoms with Crippen LogP contribution in [0.2, 0.25) is 0 Å². The lowest BCUT2D eigenvalue weighted by molar-refractivity contribution is 0.000866. The van der Waals surface area contributed by atoms with Gasteiger partial charge in [-0.15, -0.1) is 0 Å². The maximum atomic E-state index is 5.53. The minimum atomic E-state index is -0.0292. The Bertz CT molecular complexity index is 151. The SMILES string of the molecule is CCC(C)(CNCC1CCCO1)OC. The fraction of sp³-hybridized carbons (Fsp3) is 1.00. The second kappa shape index (κ2) is 5.69. The normalized spacial score (nSPS) is 26.4. The topological polar surface area (TPSA) is 30.5 Å². The van der Waals surface area contributed by atoms with E-state index in [9.17, 15) is 0 Å². The number of nitrogens with one attached hydrogen (secondary N) is 1. The fourth-order valence-electron chi connectivity index (χ4n) is 1.64. The Morgan fingerprint density at radius 3 is 2.86 bits per heavy atom. The smallest absolute Gasteiger partial charge is 0.0771 e. The van der Waals surface area contributed by atoms with Gasteiger partial charge < -0.3 is 14.8 Å². The third-order valence-electron chi connectivity index (χ3n) is 3.14. The van der Waals surface area contributed by atoms with E-state index in [1.807, 2.05) is 0 Å². The molecule has 0 amide bonds. The number of hydrogen-bond acceptors (Lipinski definition) is 3. The van der Waals surface area contributed by atoms with Crippen LogP contribution in [0.1, 0.15) is 33.1 Å². The molecule has 1 aliphatic heterocycles. The van der Waals surface area contributed by atoms with Crippen LogP contribution in [0.3, 0.4) is 0 Å². The van der Waals surface area contributed by atoms with Crippen molar-refractivity contribution in [3.8, 4) is 0 Å². The van der Waals surface area contributed by atoms with Crippen molar-refractivity contribution in [1.29, 1.82) is 0 Å². The first-order chi connectivity index (χ1) is 6.70. The van der Waals surface area contributed by atoms with Gasteiger partial charge in [0.15, 0.2) is 0 Å². The lowest BCUT2D eigenvalue weighted by Crippen LogP contribution is -2.41. The zero-order chi connectivity index (χ0) is 10.4. The molecule has 1 fully saturated rings. The molecule has 0 radical (unpaired) electrons. The summed E-state index contributed by atoms with van der Waals surface area (Å²) in [4.78, 5) is 0. The minimum Gasteiger partial charge on any atom is -0.377 e. The van der Waals surface area contributed by atoms with Crippen LogP contribution < -0.4 is 5.32 Å². The van der Waals surface area contributed by atoms with Gasteiger partial charge in [-0.25, -0.2) is 0 Å². The van der Waals surface area contributed by atoms with E-state index in [2.05, 4.69) is 19.2 Å². The molecule has 0 saturated carbocycles. The molecule has 3 nitrogen and oxygen atoms in total. The second-order valence-electron chi connectivity index (χ2n) is 4.27. The van der Waals surface area contributed by atoms with Gasteiger partial charge in [0.05, 0.1) is 11.7 Å². The summed E-state index contributed by atoms with van der Waals surface area (Å²) in [6, 6.07) is 0. The van der Waals surface area contributed by atoms with Gasteiger partial charge in [0.25, 0.3) is 0 Å². The summed E-state index contributed by atoms with van der Waals surface area (Å²) in [5.41, 5.74) is -0.0292. The second-order valence-corrected chi connectivity index (χ2v) is 4.27. The zero-order valence-electron chi connectivity index (χ0n) is 9.64. The van der Waals surface area contributed by atoms with Gasteiger partial charge in [-0.05, 0) is 26.2 Å². The Morgan fingerprint density at radius 1 is 1.57 bits per heavy atom. The Labute approximate surface area is 87.2 Å². The van der Waals surface area contributed by atoms with Gasteiger partial charge >= 0.3 is 0 Å². The molecule has 0 aromatic carbocycles. The first-order valence-corrected chi connectivity index (χ1v) is 5.57. The largest absolute Gasteiger partial charge is 0.377 e. The van der Waals surface area contributed by atoms with Crippen molar-refractivity contribution in [3.05, 3.63) is 0 Å². The monoisotopic (exact) mass is 201 g/mol. The molecule has 1 N–H and O–H groups in total. The van der Waals surface area contributed by atoms with E-state index in [0.29, 0.717) is 6.10 Å². The van der Waals surface area contributed by atoms with E-state index in [1.54, 1.807) is 7.11 Å². The van der Waals surface area contributed by atoms with Gasteiger partial charge in [0.2, 0.25) is 0 Å². The minimum absolute atomic E-state index is 0.0292. The molecule has 14 heavy (non-hydrogen) atoms. The molecule has 1 saturated heterocycles. The van der Waals surface area contributed by atoms with E-state index < -0.39 is 0 Å². The van der Waals surface area contributed by atoms with Crippen LogP contribution in [-0.4, -0.2) is 38.5 Å². The zero-order valence-corrected chi connectivity index (χ0v) is 9.64. The van der Waals surface area contributed by atoms with Crippen LogP contribution >= 0.6 is 0 Å². The maximum absolute atomic E-state index is 5.53. The molecule has 1 rings (SSSR count). The summed E-state index contributed by atoms with van der Waals surface area (Å²) in [5.74, 6) is 0. The molecule has 2 atom stereocenters. The molecule has 84 valence electrons. The number of hydrogen-bond donors (Lipinski definition) is 1. The molecule has 2 unspecified atom stereocenters. The summed E-state index contributed by atoms with van der Waals surface area (Å²) in [6.07, 6.45) is 3.86. The average molecular weight is 201 g/mol. The summed E-state index contributed by atoms with van der Waals surface area (Å²) in [6.45, 7) is 7.08. The standard InChI is InChI=1S/C11H23NO2/c1-4-11(2,13-3)9-12-8-10-6-5-7-14-10/h10,12H,4-9H2,1-3H3. The molecule has 3 heteroatoms. The molecule has 0 spiro atoms. The van der Waals surface area contributed by atoms with Crippen LogP contribution in [-0.2, 0) is 9.47 Å². The highest BCUT2D eigenvalue weighted by molar-refractivity contribution is 4.77. The first kappa shape index (κ1) is 12.0. The highest BCUT2D eigenvalue weighted by Crippen LogP contribution is 2.14. The van der Waals surface area contributed by atoms with Crippen molar-refractivity contribution in [2.75, 3.05) is 26.8 Å². The van der Waals surface area contributed by atoms with Gasteiger partial charge in [-0.1, -0.05) is 6.92 Å². The summed E-state index contributed by atoms with van der Waals surface area (Å²) < 4.78 is 11.0. The van der Waals surface area contributed by atoms with Crippen LogP contribution in [0.4, 0.5) is 0 Å². The fourth-order valence-corrected chi connectivity index (χ4v) is 1.64. The molecule has 0 bridgehead atoms. The summed E-state index contributed by atoms with van der Waals surface area (Å²) in [7, 11) is 1.78. The van der Waals surface area contributed by atoms with Crippen molar-refractivity contribution in [1.82, 2.24) is 5.32 Å². The highest BCUT2D eigenvalue weighted by Gasteiger charge is 2.22. The maximum Gasteiger partial charge on any atom is 0.0771 e. The number of ether oxygens (including phenoxy) is 2. The summed E-state index contributed by atoms with van der Waals surface area (Å²) >= 11 is 0. The first-order valence-electron chi connectivity index (χ1n) is 5.57. The van der Waals surface area contributed by atoms with Crippen LogP contribution in [0, 0.1) is 0 Å². The Kier molecular flexibility index (Phi) is 4.85. The van der Waals surface area contributed by atoms with Gasteiger partial charge in [0.1, 0.15) is 0 Å². The van der Waals surface area contributed by atoms with Crippen LogP contribution in [0.15, 0.2) is 0 Å². The van der Waals surface area contributed by atoms with Crippen molar-refractivity contribution in [2.45, 2.75) is 44.8 Å². The van der Waals surface area contributed by atoms with Gasteiger partial charge in [-0.2, -0.15) is 0 Å². The van der Waals surface area contributed by atoms with Crippen molar-refractivity contribution in [2.24, 2.45) is 0 Å². The molecule has 0 aliphatic carbocycles. The van der Waals surface area contributed by atoms with Crippen molar-refractivity contribution < 1.29 is 9.47 Å². The molecular weight excluding hydrogens is 178 g/mol. The van der Waals surface area contributed by atoms with E-state index in [1.165, 1.54) is 12.8 Å². The lowest BCUT2D eigenvalue weighted by Gasteiger charge is -2.27. The quantitative estimate of drug-likeness (QED) is 0.707. The predicted octanol–water partition coefficient (Wildman–Crippen LogP) is 1.57. The van der Waals surface area contributed by atoms with Crippen molar-refractivity contribution >= 4 is 0 Å². The lowest BCUT2D eigenvalue weighted by atomic mass is 10.0. The van der Waals surface area contributed by atoms with E-state index in [-0.39, 0.29) is 5.60 Å². The highest BCUT2D eigenvalue weighted by atomic mass is 16.5. The van der Waals surface area contributed by atoms with Crippen LogP contribution in [0.25, 0.3) is 0 Å². The third kappa shape index (κ3) is 3.56. The van der Waals surface area contributed by atoms with Crippen molar-refractivity contribution in [3.63, 3.8) is 0 Å². The molecule has 0 aromatic heterocycles. The predicted molar refractivity (Wildman–Crippen MR) is 57.5 cm³/mol. The van der Waals surface area contributed by atoms with E-state index in [0.717, 1.165) is 26.1 Å². The number of rotatable bonds is 6. The Morgan fingerprint density at radius 2 is 2.36 bits per heavy atom. The van der Waals surface area contributed by atoms with E-state index in [4.69, 9.17) is 9.47 Å². The Hall–Kier alpha value is -0.120. The summed E-state index contributed by atoms with van der Waals surface area (Å²) in [5, 5.41) is 3.42. The van der Waals surface area contributed by atoms with Gasteiger partial charge in [0, 0.05) is 26.8 Å². The molecule has 1 heterocycles. The average Bonchev–Trinajstić information content (AvgIpc) is 2.70. The number of methoxy groups -OCH3 is 1. The molecular formula is C11H23NO2.